The molecule has 0 amide bonds. The molecule has 1 unspecified atom stereocenters. The summed E-state index contributed by atoms with van der Waals surface area (Å²) in [5.41, 5.74) is 18.0. The predicted molar refractivity (Wildman–Crippen MR) is 216 cm³/mol. The van der Waals surface area contributed by atoms with Crippen LogP contribution < -0.4 is 15.5 Å². The smallest absolute Gasteiger partial charge is 0.0540 e. The van der Waals surface area contributed by atoms with E-state index in [0.717, 1.165) is 34.0 Å². The van der Waals surface area contributed by atoms with Gasteiger partial charge in [0, 0.05) is 39.6 Å². The Labute approximate surface area is 295 Å². The first-order valence-electron chi connectivity index (χ1n) is 17.7. The predicted octanol–water partition coefficient (Wildman–Crippen LogP) is 13.3. The molecule has 0 heterocycles. The molecule has 0 fully saturated rings. The highest BCUT2D eigenvalue weighted by Crippen LogP contribution is 2.47. The summed E-state index contributed by atoms with van der Waals surface area (Å²) in [5.74, 6) is 0.474. The SMILES string of the molecule is Cc1ccc(N(c2ccc(C(C)C)cc2)c2ccc3ccc4c(N(c5ccc(C)cc5)c5ccc(C(C)N)cc5)ccc5ccc2c3c54)cc1. The van der Waals surface area contributed by atoms with Gasteiger partial charge in [-0.05, 0) is 120 Å². The molecule has 0 aliphatic carbocycles. The Balaban J connectivity index is 1.37. The fourth-order valence-electron chi connectivity index (χ4n) is 7.34. The maximum atomic E-state index is 6.25. The molecule has 0 aliphatic heterocycles. The normalized spacial score (nSPS) is 12.3. The minimum atomic E-state index is -0.0202. The van der Waals surface area contributed by atoms with E-state index in [4.69, 9.17) is 5.73 Å². The van der Waals surface area contributed by atoms with Crippen molar-refractivity contribution in [1.29, 1.82) is 0 Å². The summed E-state index contributed by atoms with van der Waals surface area (Å²) in [5, 5.41) is 7.49. The molecule has 0 saturated heterocycles. The molecule has 3 nitrogen and oxygen atoms in total. The van der Waals surface area contributed by atoms with Crippen LogP contribution in [-0.2, 0) is 0 Å². The third kappa shape index (κ3) is 5.54. The van der Waals surface area contributed by atoms with Crippen molar-refractivity contribution >= 4 is 66.4 Å². The molecule has 0 bridgehead atoms. The van der Waals surface area contributed by atoms with Crippen LogP contribution in [0.25, 0.3) is 32.3 Å². The van der Waals surface area contributed by atoms with Gasteiger partial charge in [-0.3, -0.25) is 0 Å². The van der Waals surface area contributed by atoms with Crippen LogP contribution in [0.15, 0.2) is 146 Å². The summed E-state index contributed by atoms with van der Waals surface area (Å²) in [4.78, 5) is 4.79. The van der Waals surface area contributed by atoms with E-state index >= 15 is 0 Å². The Hall–Kier alpha value is -5.64. The Morgan fingerprint density at radius 1 is 0.400 bits per heavy atom. The molecule has 0 aliphatic rings. The summed E-state index contributed by atoms with van der Waals surface area (Å²) in [6.07, 6.45) is 0. The van der Waals surface area contributed by atoms with Gasteiger partial charge in [0.25, 0.3) is 0 Å². The minimum absolute atomic E-state index is 0.0202. The molecule has 8 aromatic rings. The first kappa shape index (κ1) is 31.6. The lowest BCUT2D eigenvalue weighted by molar-refractivity contribution is 0.818. The average Bonchev–Trinajstić information content (AvgIpc) is 3.13. The maximum Gasteiger partial charge on any atom is 0.0540 e. The Morgan fingerprint density at radius 3 is 1.10 bits per heavy atom. The topological polar surface area (TPSA) is 32.5 Å². The summed E-state index contributed by atoms with van der Waals surface area (Å²) >= 11 is 0. The molecule has 0 spiro atoms. The first-order valence-corrected chi connectivity index (χ1v) is 17.7. The van der Waals surface area contributed by atoms with Crippen LogP contribution >= 0.6 is 0 Å². The monoisotopic (exact) mass is 649 g/mol. The van der Waals surface area contributed by atoms with Crippen LogP contribution in [0.3, 0.4) is 0 Å². The van der Waals surface area contributed by atoms with E-state index in [-0.39, 0.29) is 6.04 Å². The molecule has 8 aromatic carbocycles. The number of rotatable bonds is 8. The van der Waals surface area contributed by atoms with E-state index in [2.05, 4.69) is 183 Å². The zero-order valence-corrected chi connectivity index (χ0v) is 29.5. The van der Waals surface area contributed by atoms with Crippen LogP contribution in [0.1, 0.15) is 55.0 Å². The highest BCUT2D eigenvalue weighted by Gasteiger charge is 2.22. The molecular weight excluding hydrogens is 607 g/mol. The number of hydrogen-bond acceptors (Lipinski definition) is 3. The van der Waals surface area contributed by atoms with Gasteiger partial charge < -0.3 is 15.5 Å². The second kappa shape index (κ2) is 12.7. The number of nitrogens with zero attached hydrogens (tertiary/aromatic N) is 2. The highest BCUT2D eigenvalue weighted by atomic mass is 15.1. The number of hydrogen-bond donors (Lipinski definition) is 1. The number of anilines is 6. The Bertz CT molecular complexity index is 2250. The van der Waals surface area contributed by atoms with Crippen LogP contribution in [-0.4, -0.2) is 0 Å². The van der Waals surface area contributed by atoms with E-state index < -0.39 is 0 Å². The largest absolute Gasteiger partial charge is 0.324 e. The van der Waals surface area contributed by atoms with Crippen molar-refractivity contribution in [3.63, 3.8) is 0 Å². The van der Waals surface area contributed by atoms with E-state index in [1.807, 2.05) is 6.92 Å². The lowest BCUT2D eigenvalue weighted by Gasteiger charge is -2.29. The van der Waals surface area contributed by atoms with Crippen molar-refractivity contribution in [3.05, 3.63) is 168 Å². The number of benzene rings is 8. The zero-order valence-electron chi connectivity index (χ0n) is 29.5. The lowest BCUT2D eigenvalue weighted by atomic mass is 9.91. The second-order valence-corrected chi connectivity index (χ2v) is 14.1. The molecule has 50 heavy (non-hydrogen) atoms. The minimum Gasteiger partial charge on any atom is -0.324 e. The van der Waals surface area contributed by atoms with Crippen LogP contribution in [0.2, 0.25) is 0 Å². The van der Waals surface area contributed by atoms with Crippen LogP contribution in [0.5, 0.6) is 0 Å². The fourth-order valence-corrected chi connectivity index (χ4v) is 7.34. The van der Waals surface area contributed by atoms with Gasteiger partial charge in [-0.15, -0.1) is 0 Å². The van der Waals surface area contributed by atoms with Gasteiger partial charge in [-0.2, -0.15) is 0 Å². The lowest BCUT2D eigenvalue weighted by Crippen LogP contribution is -2.12. The van der Waals surface area contributed by atoms with Gasteiger partial charge in [0.05, 0.1) is 11.4 Å². The quantitative estimate of drug-likeness (QED) is 0.166. The molecule has 2 N–H and O–H groups in total. The van der Waals surface area contributed by atoms with E-state index in [1.165, 1.54) is 54.7 Å². The Kier molecular flexibility index (Phi) is 8.01. The van der Waals surface area contributed by atoms with Crippen molar-refractivity contribution in [1.82, 2.24) is 0 Å². The molecule has 0 radical (unpaired) electrons. The second-order valence-electron chi connectivity index (χ2n) is 14.1. The average molecular weight is 650 g/mol. The molecular formula is C47H43N3. The third-order valence-corrected chi connectivity index (χ3v) is 10.2. The number of aryl methyl sites for hydroxylation is 2. The summed E-state index contributed by atoms with van der Waals surface area (Å²) in [7, 11) is 0. The fraction of sp³-hybridized carbons (Fsp3) is 0.149. The van der Waals surface area contributed by atoms with Gasteiger partial charge in [0.2, 0.25) is 0 Å². The molecule has 0 saturated carbocycles. The Morgan fingerprint density at radius 2 is 0.740 bits per heavy atom. The van der Waals surface area contributed by atoms with Gasteiger partial charge in [-0.1, -0.05) is 110 Å². The third-order valence-electron chi connectivity index (χ3n) is 10.2. The van der Waals surface area contributed by atoms with Gasteiger partial charge in [0.15, 0.2) is 0 Å². The van der Waals surface area contributed by atoms with Crippen molar-refractivity contribution in [2.75, 3.05) is 9.80 Å². The van der Waals surface area contributed by atoms with Crippen LogP contribution in [0, 0.1) is 13.8 Å². The summed E-state index contributed by atoms with van der Waals surface area (Å²) < 4.78 is 0. The van der Waals surface area contributed by atoms with Gasteiger partial charge in [-0.25, -0.2) is 0 Å². The van der Waals surface area contributed by atoms with E-state index in [9.17, 15) is 0 Å². The van der Waals surface area contributed by atoms with E-state index in [1.54, 1.807) is 0 Å². The standard InChI is InChI=1S/C47H43N3/c1-30(2)34-10-22-40(23-11-34)49(38-18-6-31(3)7-19-38)44-28-16-36-15-27-43-45(29-17-37-14-26-42(44)46(36)47(37)43)50(39-20-8-32(4)9-21-39)41-24-12-35(13-25-41)33(5)48/h6-30,33H,48H2,1-5H3. The molecule has 1 atom stereocenters. The molecule has 246 valence electrons. The van der Waals surface area contributed by atoms with Crippen molar-refractivity contribution in [2.24, 2.45) is 5.73 Å². The molecule has 8 rings (SSSR count). The maximum absolute atomic E-state index is 6.25. The van der Waals surface area contributed by atoms with Crippen molar-refractivity contribution < 1.29 is 0 Å². The zero-order chi connectivity index (χ0) is 34.5. The van der Waals surface area contributed by atoms with Crippen LogP contribution in [0.4, 0.5) is 34.1 Å². The first-order chi connectivity index (χ1) is 24.3. The van der Waals surface area contributed by atoms with Crippen molar-refractivity contribution in [3.8, 4) is 0 Å². The summed E-state index contributed by atoms with van der Waals surface area (Å²) in [6.45, 7) is 10.8. The van der Waals surface area contributed by atoms with Crippen molar-refractivity contribution in [2.45, 2.75) is 46.6 Å². The van der Waals surface area contributed by atoms with Gasteiger partial charge >= 0.3 is 0 Å². The molecule has 0 aromatic heterocycles. The number of nitrogens with two attached hydrogens (primary N) is 1. The van der Waals surface area contributed by atoms with E-state index in [0.29, 0.717) is 5.92 Å². The van der Waals surface area contributed by atoms with Gasteiger partial charge in [0.1, 0.15) is 0 Å². The summed E-state index contributed by atoms with van der Waals surface area (Å²) in [6, 6.07) is 53.7. The molecule has 3 heteroatoms. The highest BCUT2D eigenvalue weighted by molar-refractivity contribution is 6.28.